The molecule has 0 saturated heterocycles. The van der Waals surface area contributed by atoms with E-state index in [4.69, 9.17) is 16.3 Å². The van der Waals surface area contributed by atoms with Gasteiger partial charge in [0.2, 0.25) is 0 Å². The molecule has 1 amide bonds. The molecule has 0 atom stereocenters. The number of hydrogen-bond acceptors (Lipinski definition) is 5. The number of nitrogens with zero attached hydrogens (tertiary/aromatic N) is 1. The van der Waals surface area contributed by atoms with E-state index in [0.717, 1.165) is 27.1 Å². The lowest BCUT2D eigenvalue weighted by molar-refractivity contribution is 0.103. The smallest absolute Gasteiger partial charge is 0.269 e. The second-order valence-electron chi connectivity index (χ2n) is 5.47. The lowest BCUT2D eigenvalue weighted by atomic mass is 10.2. The van der Waals surface area contributed by atoms with E-state index >= 15 is 0 Å². The quantitative estimate of drug-likeness (QED) is 0.461. The van der Waals surface area contributed by atoms with Crippen LogP contribution < -0.4 is 10.1 Å². The predicted octanol–water partition coefficient (Wildman–Crippen LogP) is 5.94. The molecule has 1 N–H and O–H groups in total. The molecule has 2 aromatic carbocycles. The molecule has 4 rings (SSSR count). The number of halogens is 1. The van der Waals surface area contributed by atoms with Crippen molar-refractivity contribution < 1.29 is 9.53 Å². The third-order valence-electron chi connectivity index (χ3n) is 3.83. The molecule has 0 aliphatic heterocycles. The van der Waals surface area contributed by atoms with Crippen molar-refractivity contribution in [1.29, 1.82) is 0 Å². The lowest BCUT2D eigenvalue weighted by Crippen LogP contribution is -2.10. The largest absolute Gasteiger partial charge is 0.497 e. The monoisotopic (exact) mass is 400 g/mol. The molecule has 0 spiro atoms. The molecule has 0 unspecified atom stereocenters. The molecule has 0 radical (unpaired) electrons. The van der Waals surface area contributed by atoms with Crippen LogP contribution in [0.2, 0.25) is 5.02 Å². The standard InChI is InChI=1S/C19H13ClN2O2S2/c1-24-12-6-4-5-11(9-12)14-10-25-19(21-14)22-18(23)17-16(20)13-7-2-3-8-15(13)26-17/h2-10H,1H3,(H,21,22,23). The number of methoxy groups -OCH3 is 1. The summed E-state index contributed by atoms with van der Waals surface area (Å²) >= 11 is 9.12. The Kier molecular flexibility index (Phi) is 4.63. The third-order valence-corrected chi connectivity index (χ3v) is 6.26. The molecule has 0 bridgehead atoms. The number of carbonyl (C=O) groups excluding carboxylic acids is 1. The molecule has 4 nitrogen and oxygen atoms in total. The Hall–Kier alpha value is -2.41. The summed E-state index contributed by atoms with van der Waals surface area (Å²) in [6, 6.07) is 15.3. The Morgan fingerprint density at radius 1 is 1.19 bits per heavy atom. The predicted molar refractivity (Wildman–Crippen MR) is 109 cm³/mol. The van der Waals surface area contributed by atoms with Crippen molar-refractivity contribution in [3.63, 3.8) is 0 Å². The van der Waals surface area contributed by atoms with Crippen LogP contribution in [0.25, 0.3) is 21.3 Å². The Labute approximate surface area is 163 Å². The Bertz CT molecular complexity index is 1100. The molecular weight excluding hydrogens is 388 g/mol. The summed E-state index contributed by atoms with van der Waals surface area (Å²) in [4.78, 5) is 17.6. The summed E-state index contributed by atoms with van der Waals surface area (Å²) in [5.74, 6) is 0.515. The van der Waals surface area contributed by atoms with Crippen LogP contribution in [-0.4, -0.2) is 18.0 Å². The van der Waals surface area contributed by atoms with Crippen LogP contribution in [0.5, 0.6) is 5.75 Å². The molecule has 0 aliphatic rings. The van der Waals surface area contributed by atoms with Gasteiger partial charge in [-0.1, -0.05) is 41.9 Å². The number of benzene rings is 2. The maximum atomic E-state index is 12.6. The Morgan fingerprint density at radius 3 is 2.85 bits per heavy atom. The second-order valence-corrected chi connectivity index (χ2v) is 7.75. The van der Waals surface area contributed by atoms with Gasteiger partial charge in [-0.2, -0.15) is 0 Å². The van der Waals surface area contributed by atoms with Crippen LogP contribution in [0.4, 0.5) is 5.13 Å². The highest BCUT2D eigenvalue weighted by Crippen LogP contribution is 2.36. The SMILES string of the molecule is COc1cccc(-c2csc(NC(=O)c3sc4ccccc4c3Cl)n2)c1. The van der Waals surface area contributed by atoms with Gasteiger partial charge in [0, 0.05) is 21.0 Å². The fraction of sp³-hybridized carbons (Fsp3) is 0.0526. The van der Waals surface area contributed by atoms with Gasteiger partial charge in [-0.05, 0) is 18.2 Å². The van der Waals surface area contributed by atoms with Crippen LogP contribution >= 0.6 is 34.3 Å². The van der Waals surface area contributed by atoms with E-state index in [1.54, 1.807) is 7.11 Å². The molecule has 0 saturated carbocycles. The van der Waals surface area contributed by atoms with E-state index in [2.05, 4.69) is 10.3 Å². The highest BCUT2D eigenvalue weighted by Gasteiger charge is 2.18. The first kappa shape index (κ1) is 17.0. The first-order chi connectivity index (χ1) is 12.7. The van der Waals surface area contributed by atoms with Gasteiger partial charge in [-0.25, -0.2) is 4.98 Å². The first-order valence-corrected chi connectivity index (χ1v) is 9.81. The van der Waals surface area contributed by atoms with Crippen LogP contribution in [0.3, 0.4) is 0 Å². The molecule has 7 heteroatoms. The third kappa shape index (κ3) is 3.19. The number of thiophene rings is 1. The normalized spacial score (nSPS) is 10.8. The maximum Gasteiger partial charge on any atom is 0.269 e. The molecule has 2 aromatic heterocycles. The summed E-state index contributed by atoms with van der Waals surface area (Å²) in [5, 5.41) is 6.64. The molecule has 4 aromatic rings. The van der Waals surface area contributed by atoms with E-state index in [9.17, 15) is 4.79 Å². The fourth-order valence-corrected chi connectivity index (χ4v) is 4.69. The van der Waals surface area contributed by atoms with Gasteiger partial charge in [0.1, 0.15) is 10.6 Å². The van der Waals surface area contributed by atoms with Gasteiger partial charge >= 0.3 is 0 Å². The minimum atomic E-state index is -0.247. The zero-order valence-corrected chi connectivity index (χ0v) is 16.0. The van der Waals surface area contributed by atoms with Gasteiger partial charge < -0.3 is 4.74 Å². The molecule has 26 heavy (non-hydrogen) atoms. The van der Waals surface area contributed by atoms with Crippen LogP contribution in [0.1, 0.15) is 9.67 Å². The van der Waals surface area contributed by atoms with E-state index in [-0.39, 0.29) is 5.91 Å². The molecule has 2 heterocycles. The maximum absolute atomic E-state index is 12.6. The minimum Gasteiger partial charge on any atom is -0.497 e. The number of amides is 1. The van der Waals surface area contributed by atoms with Gasteiger partial charge in [0.25, 0.3) is 5.91 Å². The summed E-state index contributed by atoms with van der Waals surface area (Å²) in [6.07, 6.45) is 0. The molecule has 130 valence electrons. The van der Waals surface area contributed by atoms with Gasteiger partial charge in [0.15, 0.2) is 5.13 Å². The average Bonchev–Trinajstić information content (AvgIpc) is 3.27. The summed E-state index contributed by atoms with van der Waals surface area (Å²) in [5.41, 5.74) is 1.72. The topological polar surface area (TPSA) is 51.2 Å². The Morgan fingerprint density at radius 2 is 2.04 bits per heavy atom. The number of rotatable bonds is 4. The molecule has 0 aliphatic carbocycles. The Balaban J connectivity index is 1.58. The van der Waals surface area contributed by atoms with Crippen LogP contribution in [0.15, 0.2) is 53.9 Å². The van der Waals surface area contributed by atoms with Gasteiger partial charge in [-0.3, -0.25) is 10.1 Å². The van der Waals surface area contributed by atoms with Crippen molar-refractivity contribution in [1.82, 2.24) is 4.98 Å². The number of hydrogen-bond donors (Lipinski definition) is 1. The highest BCUT2D eigenvalue weighted by molar-refractivity contribution is 7.21. The van der Waals surface area contributed by atoms with Crippen molar-refractivity contribution in [3.05, 3.63) is 63.8 Å². The number of anilines is 1. The van der Waals surface area contributed by atoms with Crippen molar-refractivity contribution in [2.45, 2.75) is 0 Å². The van der Waals surface area contributed by atoms with Crippen molar-refractivity contribution in [3.8, 4) is 17.0 Å². The van der Waals surface area contributed by atoms with Gasteiger partial charge in [0.05, 0.1) is 17.8 Å². The number of carbonyl (C=O) groups is 1. The van der Waals surface area contributed by atoms with Gasteiger partial charge in [-0.15, -0.1) is 22.7 Å². The van der Waals surface area contributed by atoms with Crippen molar-refractivity contribution >= 4 is 55.4 Å². The zero-order valence-electron chi connectivity index (χ0n) is 13.7. The lowest BCUT2D eigenvalue weighted by Gasteiger charge is -2.02. The fourth-order valence-electron chi connectivity index (χ4n) is 2.56. The van der Waals surface area contributed by atoms with E-state index in [1.165, 1.54) is 22.7 Å². The number of thiazole rings is 1. The minimum absolute atomic E-state index is 0.247. The average molecular weight is 401 g/mol. The highest BCUT2D eigenvalue weighted by atomic mass is 35.5. The summed E-state index contributed by atoms with van der Waals surface area (Å²) in [7, 11) is 1.63. The van der Waals surface area contributed by atoms with E-state index < -0.39 is 0 Å². The first-order valence-electron chi connectivity index (χ1n) is 7.74. The second kappa shape index (κ2) is 7.07. The summed E-state index contributed by atoms with van der Waals surface area (Å²) < 4.78 is 6.23. The zero-order chi connectivity index (χ0) is 18.1. The van der Waals surface area contributed by atoms with Crippen molar-refractivity contribution in [2.24, 2.45) is 0 Å². The van der Waals surface area contributed by atoms with Crippen molar-refractivity contribution in [2.75, 3.05) is 12.4 Å². The van der Waals surface area contributed by atoms with E-state index in [0.29, 0.717) is 15.0 Å². The van der Waals surface area contributed by atoms with E-state index in [1.807, 2.05) is 53.9 Å². The summed E-state index contributed by atoms with van der Waals surface area (Å²) in [6.45, 7) is 0. The number of ether oxygens (including phenoxy) is 1. The van der Waals surface area contributed by atoms with Crippen LogP contribution in [-0.2, 0) is 0 Å². The number of fused-ring (bicyclic) bond motifs is 1. The number of nitrogens with one attached hydrogen (secondary N) is 1. The number of aromatic nitrogens is 1. The molecule has 0 fully saturated rings. The molecular formula is C19H13ClN2O2S2. The van der Waals surface area contributed by atoms with Crippen LogP contribution in [0, 0.1) is 0 Å².